The summed E-state index contributed by atoms with van der Waals surface area (Å²) >= 11 is 0. The van der Waals surface area contributed by atoms with Gasteiger partial charge in [-0.25, -0.2) is 0 Å². The van der Waals surface area contributed by atoms with E-state index < -0.39 is 5.97 Å². The second-order valence-electron chi connectivity index (χ2n) is 8.98. The van der Waals surface area contributed by atoms with Crippen LogP contribution in [-0.2, 0) is 22.6 Å². The van der Waals surface area contributed by atoms with Gasteiger partial charge in [0.1, 0.15) is 6.54 Å². The molecule has 0 unspecified atom stereocenters. The molecule has 2 N–H and O–H groups in total. The third-order valence-corrected chi connectivity index (χ3v) is 6.69. The predicted octanol–water partition coefficient (Wildman–Crippen LogP) is 2.22. The third-order valence-electron chi connectivity index (χ3n) is 6.69. The van der Waals surface area contributed by atoms with Gasteiger partial charge in [0.2, 0.25) is 5.91 Å². The van der Waals surface area contributed by atoms with Crippen molar-refractivity contribution < 1.29 is 14.7 Å². The quantitative estimate of drug-likeness (QED) is 0.642. The second kappa shape index (κ2) is 11.3. The number of hydrogen-bond donors (Lipinski definition) is 2. The van der Waals surface area contributed by atoms with Gasteiger partial charge in [0.25, 0.3) is 0 Å². The number of carbonyl (C=O) groups excluding carboxylic acids is 1. The lowest BCUT2D eigenvalue weighted by atomic mass is 10.0. The fraction of sp³-hybridized carbons (Fsp3) is 0.462. The second-order valence-corrected chi connectivity index (χ2v) is 8.98. The highest BCUT2D eigenvalue weighted by atomic mass is 16.4. The normalized spacial score (nSPS) is 17.6. The molecule has 1 amide bonds. The van der Waals surface area contributed by atoms with Crippen molar-refractivity contribution in [3.05, 3.63) is 65.7 Å². The van der Waals surface area contributed by atoms with Crippen LogP contribution in [0.2, 0.25) is 0 Å². The molecule has 33 heavy (non-hydrogen) atoms. The Morgan fingerprint density at radius 1 is 0.909 bits per heavy atom. The Kier molecular flexibility index (Phi) is 7.96. The lowest BCUT2D eigenvalue weighted by molar-refractivity contribution is -0.144. The molecule has 2 aromatic rings. The van der Waals surface area contributed by atoms with Crippen LogP contribution in [0.5, 0.6) is 0 Å². The van der Waals surface area contributed by atoms with Gasteiger partial charge in [-0.1, -0.05) is 42.5 Å². The number of benzene rings is 2. The van der Waals surface area contributed by atoms with Crippen molar-refractivity contribution in [3.63, 3.8) is 0 Å². The molecule has 2 saturated heterocycles. The maximum Gasteiger partial charge on any atom is 0.323 e. The van der Waals surface area contributed by atoms with E-state index in [-0.39, 0.29) is 18.9 Å². The summed E-state index contributed by atoms with van der Waals surface area (Å²) in [7, 11) is 0. The summed E-state index contributed by atoms with van der Waals surface area (Å²) in [6.45, 7) is 6.47. The number of nitrogens with zero attached hydrogens (tertiary/aromatic N) is 3. The van der Waals surface area contributed by atoms with Crippen LogP contribution in [0.3, 0.4) is 0 Å². The molecule has 0 bridgehead atoms. The Morgan fingerprint density at radius 2 is 1.58 bits per heavy atom. The fourth-order valence-electron chi connectivity index (χ4n) is 4.83. The highest BCUT2D eigenvalue weighted by Crippen LogP contribution is 2.21. The number of hydrogen-bond acceptors (Lipinski definition) is 5. The van der Waals surface area contributed by atoms with Crippen LogP contribution in [0.1, 0.15) is 24.0 Å². The Bertz CT molecular complexity index is 905. The number of piperazine rings is 1. The lowest BCUT2D eigenvalue weighted by Crippen LogP contribution is -2.52. The van der Waals surface area contributed by atoms with Gasteiger partial charge >= 0.3 is 5.97 Å². The molecular formula is C26H34N4O3. The van der Waals surface area contributed by atoms with Crippen LogP contribution in [0, 0.1) is 0 Å². The smallest absolute Gasteiger partial charge is 0.323 e. The van der Waals surface area contributed by atoms with Gasteiger partial charge in [-0.2, -0.15) is 0 Å². The number of carboxylic acid groups (broad SMARTS) is 1. The molecule has 0 saturated carbocycles. The van der Waals surface area contributed by atoms with Crippen molar-refractivity contribution in [2.24, 2.45) is 0 Å². The predicted molar refractivity (Wildman–Crippen MR) is 129 cm³/mol. The summed E-state index contributed by atoms with van der Waals surface area (Å²) in [6.07, 6.45) is 2.68. The summed E-state index contributed by atoms with van der Waals surface area (Å²) < 4.78 is 0. The molecule has 2 fully saturated rings. The molecule has 4 rings (SSSR count). The molecule has 2 heterocycles. The van der Waals surface area contributed by atoms with Gasteiger partial charge < -0.3 is 20.2 Å². The molecule has 0 aromatic heterocycles. The van der Waals surface area contributed by atoms with E-state index in [1.54, 1.807) is 0 Å². The van der Waals surface area contributed by atoms with Crippen LogP contribution in [0.15, 0.2) is 54.6 Å². The monoisotopic (exact) mass is 450 g/mol. The molecule has 0 radical (unpaired) electrons. The van der Waals surface area contributed by atoms with E-state index in [9.17, 15) is 14.7 Å². The molecule has 0 spiro atoms. The molecule has 0 aliphatic carbocycles. The number of aliphatic carboxylic acids is 1. The Hall–Kier alpha value is -2.90. The van der Waals surface area contributed by atoms with E-state index in [1.807, 2.05) is 42.5 Å². The fourth-order valence-corrected chi connectivity index (χ4v) is 4.83. The van der Waals surface area contributed by atoms with Gasteiger partial charge in [0.05, 0.1) is 6.42 Å². The van der Waals surface area contributed by atoms with Gasteiger partial charge in [-0.05, 0) is 49.2 Å². The van der Waals surface area contributed by atoms with Crippen molar-refractivity contribution in [2.75, 3.05) is 50.7 Å². The maximum absolute atomic E-state index is 12.9. The summed E-state index contributed by atoms with van der Waals surface area (Å²) in [5.41, 5.74) is 3.01. The average Bonchev–Trinajstić information content (AvgIpc) is 2.85. The molecule has 7 nitrogen and oxygen atoms in total. The first-order valence-electron chi connectivity index (χ1n) is 11.9. The van der Waals surface area contributed by atoms with Crippen LogP contribution >= 0.6 is 0 Å². The molecule has 2 aliphatic rings. The van der Waals surface area contributed by atoms with Crippen molar-refractivity contribution in [3.8, 4) is 0 Å². The molecule has 176 valence electrons. The number of piperidine rings is 1. The zero-order valence-electron chi connectivity index (χ0n) is 19.2. The van der Waals surface area contributed by atoms with E-state index in [4.69, 9.17) is 0 Å². The van der Waals surface area contributed by atoms with Crippen molar-refractivity contribution >= 4 is 17.6 Å². The van der Waals surface area contributed by atoms with Gasteiger partial charge in [0, 0.05) is 44.5 Å². The Labute approximate surface area is 196 Å². The summed E-state index contributed by atoms with van der Waals surface area (Å²) in [5.74, 6) is -1.18. The van der Waals surface area contributed by atoms with E-state index in [0.29, 0.717) is 12.6 Å². The number of rotatable bonds is 8. The van der Waals surface area contributed by atoms with Gasteiger partial charge in [0.15, 0.2) is 0 Å². The SMILES string of the molecule is O=C(O)CN(Cc1ccccc1)C(=O)Cc1ccc(N2CCN(C3CCNCC3)CC2)cc1. The number of amides is 1. The Balaban J connectivity index is 1.31. The number of nitrogens with one attached hydrogen (secondary N) is 1. The average molecular weight is 451 g/mol. The van der Waals surface area contributed by atoms with Crippen molar-refractivity contribution in [1.82, 2.24) is 15.1 Å². The highest BCUT2D eigenvalue weighted by molar-refractivity contribution is 5.83. The first kappa shape index (κ1) is 23.3. The summed E-state index contributed by atoms with van der Waals surface area (Å²) in [4.78, 5) is 30.6. The number of carbonyl (C=O) groups is 2. The van der Waals surface area contributed by atoms with Crippen molar-refractivity contribution in [2.45, 2.75) is 31.8 Å². The van der Waals surface area contributed by atoms with E-state index >= 15 is 0 Å². The van der Waals surface area contributed by atoms with E-state index in [1.165, 1.54) is 23.4 Å². The lowest BCUT2D eigenvalue weighted by Gasteiger charge is -2.41. The standard InChI is InChI=1S/C26H34N4O3/c31-25(30(20-26(32)33)19-22-4-2-1-3-5-22)18-21-6-8-23(9-7-21)28-14-16-29(17-15-28)24-10-12-27-13-11-24/h1-9,24,27H,10-20H2,(H,32,33). The summed E-state index contributed by atoms with van der Waals surface area (Å²) in [6, 6.07) is 18.4. The Morgan fingerprint density at radius 3 is 2.21 bits per heavy atom. The largest absolute Gasteiger partial charge is 0.480 e. The highest BCUT2D eigenvalue weighted by Gasteiger charge is 2.25. The topological polar surface area (TPSA) is 76.1 Å². The van der Waals surface area contributed by atoms with E-state index in [2.05, 4.69) is 27.2 Å². The minimum atomic E-state index is -1.00. The number of anilines is 1. The zero-order valence-corrected chi connectivity index (χ0v) is 19.2. The van der Waals surface area contributed by atoms with Crippen LogP contribution in [0.4, 0.5) is 5.69 Å². The maximum atomic E-state index is 12.9. The molecule has 0 atom stereocenters. The molecule has 2 aromatic carbocycles. The molecular weight excluding hydrogens is 416 g/mol. The minimum absolute atomic E-state index is 0.176. The zero-order chi connectivity index (χ0) is 23.0. The summed E-state index contributed by atoms with van der Waals surface area (Å²) in [5, 5.41) is 12.7. The molecule has 2 aliphatic heterocycles. The van der Waals surface area contributed by atoms with Crippen LogP contribution in [0.25, 0.3) is 0 Å². The van der Waals surface area contributed by atoms with Gasteiger partial charge in [-0.15, -0.1) is 0 Å². The first-order chi connectivity index (χ1) is 16.1. The number of carboxylic acids is 1. The first-order valence-corrected chi connectivity index (χ1v) is 11.9. The van der Waals surface area contributed by atoms with Crippen molar-refractivity contribution in [1.29, 1.82) is 0 Å². The van der Waals surface area contributed by atoms with Gasteiger partial charge in [-0.3, -0.25) is 14.5 Å². The van der Waals surface area contributed by atoms with E-state index in [0.717, 1.165) is 50.4 Å². The third kappa shape index (κ3) is 6.55. The van der Waals surface area contributed by atoms with Crippen LogP contribution < -0.4 is 10.2 Å². The minimum Gasteiger partial charge on any atom is -0.480 e. The molecule has 7 heteroatoms. The van der Waals surface area contributed by atoms with Crippen LogP contribution in [-0.4, -0.2) is 78.6 Å².